The lowest BCUT2D eigenvalue weighted by Crippen LogP contribution is -2.54. The Morgan fingerprint density at radius 3 is 2.29 bits per heavy atom. The van der Waals surface area contributed by atoms with Gasteiger partial charge in [-0.15, -0.1) is 0 Å². The molecule has 3 N–H and O–H groups in total. The Morgan fingerprint density at radius 1 is 1.14 bits per heavy atom. The van der Waals surface area contributed by atoms with Gasteiger partial charge in [-0.1, -0.05) is 25.7 Å². The van der Waals surface area contributed by atoms with E-state index in [4.69, 9.17) is 0 Å². The van der Waals surface area contributed by atoms with E-state index in [9.17, 15) is 19.8 Å². The second-order valence-electron chi connectivity index (χ2n) is 5.76. The van der Waals surface area contributed by atoms with Gasteiger partial charge < -0.3 is 15.5 Å². The zero-order valence-corrected chi connectivity index (χ0v) is 12.2. The van der Waals surface area contributed by atoms with Gasteiger partial charge in [-0.3, -0.25) is 4.79 Å². The predicted octanol–water partition coefficient (Wildman–Crippen LogP) is 2.61. The minimum atomic E-state index is -1.17. The van der Waals surface area contributed by atoms with E-state index in [0.29, 0.717) is 24.0 Å². The Hall–Kier alpha value is -2.04. The number of carboxylic acid groups (broad SMARTS) is 1. The lowest BCUT2D eigenvalue weighted by molar-refractivity contribution is -0.145. The summed E-state index contributed by atoms with van der Waals surface area (Å²) in [5.74, 6) is -1.25. The smallest absolute Gasteiger partial charge is 0.329 e. The molecule has 1 aromatic rings. The summed E-state index contributed by atoms with van der Waals surface area (Å²) in [4.78, 5) is 24.0. The minimum absolute atomic E-state index is 0.119. The number of rotatable bonds is 3. The lowest BCUT2D eigenvalue weighted by atomic mass is 9.89. The normalized spacial score (nSPS) is 17.8. The number of aromatic hydroxyl groups is 1. The maximum Gasteiger partial charge on any atom is 0.329 e. The van der Waals surface area contributed by atoms with Crippen LogP contribution in [0.2, 0.25) is 0 Å². The zero-order chi connectivity index (χ0) is 15.5. The molecule has 0 saturated heterocycles. The molecular formula is C16H21NO4. The molecule has 0 atom stereocenters. The third-order valence-corrected chi connectivity index (χ3v) is 4.18. The quantitative estimate of drug-likeness (QED) is 0.747. The van der Waals surface area contributed by atoms with Crippen LogP contribution in [0.1, 0.15) is 54.4 Å². The number of hydrogen-bond acceptors (Lipinski definition) is 3. The first-order chi connectivity index (χ1) is 9.94. The fourth-order valence-electron chi connectivity index (χ4n) is 2.81. The summed E-state index contributed by atoms with van der Waals surface area (Å²) in [7, 11) is 0. The van der Waals surface area contributed by atoms with Crippen molar-refractivity contribution in [1.82, 2.24) is 5.32 Å². The second-order valence-corrected chi connectivity index (χ2v) is 5.76. The van der Waals surface area contributed by atoms with E-state index in [-0.39, 0.29) is 5.75 Å². The molecule has 5 nitrogen and oxygen atoms in total. The number of carbonyl (C=O) groups is 2. The van der Waals surface area contributed by atoms with Crippen molar-refractivity contribution in [1.29, 1.82) is 0 Å². The number of amides is 1. The maximum atomic E-state index is 12.3. The van der Waals surface area contributed by atoms with Gasteiger partial charge in [0.2, 0.25) is 0 Å². The highest BCUT2D eigenvalue weighted by Gasteiger charge is 2.40. The standard InChI is InChI=1S/C16H21NO4/c1-11-10-12(6-7-13(11)18)14(19)17-16(15(20)21)8-4-2-3-5-9-16/h6-7,10,18H,2-5,8-9H2,1H3,(H,17,19)(H,20,21). The van der Waals surface area contributed by atoms with Gasteiger partial charge in [0.15, 0.2) is 0 Å². The van der Waals surface area contributed by atoms with Crippen molar-refractivity contribution >= 4 is 11.9 Å². The van der Waals surface area contributed by atoms with Gasteiger partial charge in [0.25, 0.3) is 5.91 Å². The van der Waals surface area contributed by atoms with E-state index in [0.717, 1.165) is 25.7 Å². The molecule has 0 radical (unpaired) electrons. The van der Waals surface area contributed by atoms with Gasteiger partial charge in [0, 0.05) is 5.56 Å². The predicted molar refractivity (Wildman–Crippen MR) is 78.4 cm³/mol. The molecule has 1 aliphatic carbocycles. The number of carbonyl (C=O) groups excluding carboxylic acids is 1. The van der Waals surface area contributed by atoms with Crippen molar-refractivity contribution in [3.63, 3.8) is 0 Å². The highest BCUT2D eigenvalue weighted by Crippen LogP contribution is 2.28. The summed E-state index contributed by atoms with van der Waals surface area (Å²) >= 11 is 0. The molecule has 1 aliphatic rings. The maximum absolute atomic E-state index is 12.3. The van der Waals surface area contributed by atoms with Crippen molar-refractivity contribution in [2.75, 3.05) is 0 Å². The molecule has 114 valence electrons. The summed E-state index contributed by atoms with van der Waals surface area (Å²) in [6.45, 7) is 1.70. The van der Waals surface area contributed by atoms with Crippen molar-refractivity contribution in [3.8, 4) is 5.75 Å². The van der Waals surface area contributed by atoms with Gasteiger partial charge in [0.05, 0.1) is 0 Å². The average Bonchev–Trinajstić information content (AvgIpc) is 2.68. The third kappa shape index (κ3) is 3.35. The number of hydrogen-bond donors (Lipinski definition) is 3. The zero-order valence-electron chi connectivity index (χ0n) is 12.2. The van der Waals surface area contributed by atoms with Crippen LogP contribution in [0.5, 0.6) is 5.75 Å². The fraction of sp³-hybridized carbons (Fsp3) is 0.500. The van der Waals surface area contributed by atoms with Crippen LogP contribution in [-0.4, -0.2) is 27.6 Å². The molecular weight excluding hydrogens is 270 g/mol. The van der Waals surface area contributed by atoms with Crippen LogP contribution in [-0.2, 0) is 4.79 Å². The Balaban J connectivity index is 2.21. The summed E-state index contributed by atoms with van der Waals surface area (Å²) in [6.07, 6.45) is 4.55. The molecule has 1 amide bonds. The van der Waals surface area contributed by atoms with Crippen LogP contribution in [0.25, 0.3) is 0 Å². The first-order valence-electron chi connectivity index (χ1n) is 7.30. The van der Waals surface area contributed by atoms with E-state index < -0.39 is 17.4 Å². The number of phenolic OH excluding ortho intramolecular Hbond substituents is 1. The van der Waals surface area contributed by atoms with Crippen LogP contribution in [0, 0.1) is 6.92 Å². The Bertz CT molecular complexity index is 545. The van der Waals surface area contributed by atoms with Crippen molar-refractivity contribution in [2.24, 2.45) is 0 Å². The van der Waals surface area contributed by atoms with E-state index in [1.54, 1.807) is 13.0 Å². The molecule has 0 aliphatic heterocycles. The number of phenols is 1. The number of carboxylic acids is 1. The fourth-order valence-corrected chi connectivity index (χ4v) is 2.81. The molecule has 2 rings (SSSR count). The number of benzene rings is 1. The molecule has 1 saturated carbocycles. The van der Waals surface area contributed by atoms with Gasteiger partial charge in [-0.25, -0.2) is 4.79 Å². The van der Waals surface area contributed by atoms with Gasteiger partial charge in [0.1, 0.15) is 11.3 Å². The summed E-state index contributed by atoms with van der Waals surface area (Å²) < 4.78 is 0. The monoisotopic (exact) mass is 291 g/mol. The first-order valence-corrected chi connectivity index (χ1v) is 7.30. The summed E-state index contributed by atoms with van der Waals surface area (Å²) in [6, 6.07) is 4.52. The van der Waals surface area contributed by atoms with Crippen molar-refractivity contribution in [3.05, 3.63) is 29.3 Å². The molecule has 0 bridgehead atoms. The summed E-state index contributed by atoms with van der Waals surface area (Å²) in [5.41, 5.74) is -0.206. The van der Waals surface area contributed by atoms with Crippen LogP contribution >= 0.6 is 0 Å². The second kappa shape index (κ2) is 6.16. The van der Waals surface area contributed by atoms with Crippen LogP contribution in [0.4, 0.5) is 0 Å². The highest BCUT2D eigenvalue weighted by atomic mass is 16.4. The molecule has 1 aromatic carbocycles. The van der Waals surface area contributed by atoms with Gasteiger partial charge in [-0.2, -0.15) is 0 Å². The Labute approximate surface area is 124 Å². The van der Waals surface area contributed by atoms with E-state index in [2.05, 4.69) is 5.32 Å². The molecule has 0 spiro atoms. The Morgan fingerprint density at radius 2 is 1.76 bits per heavy atom. The van der Waals surface area contributed by atoms with E-state index in [1.807, 2.05) is 0 Å². The van der Waals surface area contributed by atoms with Crippen LogP contribution in [0.15, 0.2) is 18.2 Å². The van der Waals surface area contributed by atoms with Crippen molar-refractivity contribution in [2.45, 2.75) is 51.0 Å². The van der Waals surface area contributed by atoms with Gasteiger partial charge >= 0.3 is 5.97 Å². The molecule has 5 heteroatoms. The van der Waals surface area contributed by atoms with Crippen molar-refractivity contribution < 1.29 is 19.8 Å². The molecule has 21 heavy (non-hydrogen) atoms. The largest absolute Gasteiger partial charge is 0.508 e. The lowest BCUT2D eigenvalue weighted by Gasteiger charge is -2.29. The average molecular weight is 291 g/mol. The first kappa shape index (κ1) is 15.4. The SMILES string of the molecule is Cc1cc(C(=O)NC2(C(=O)O)CCCCCC2)ccc1O. The topological polar surface area (TPSA) is 86.6 Å². The number of aryl methyl sites for hydroxylation is 1. The molecule has 0 aromatic heterocycles. The van der Waals surface area contributed by atoms with E-state index in [1.165, 1.54) is 12.1 Å². The minimum Gasteiger partial charge on any atom is -0.508 e. The van der Waals surface area contributed by atoms with E-state index >= 15 is 0 Å². The third-order valence-electron chi connectivity index (χ3n) is 4.18. The highest BCUT2D eigenvalue weighted by molar-refractivity contribution is 5.98. The number of nitrogens with one attached hydrogen (secondary N) is 1. The van der Waals surface area contributed by atoms with Crippen LogP contribution < -0.4 is 5.32 Å². The van der Waals surface area contributed by atoms with Crippen LogP contribution in [0.3, 0.4) is 0 Å². The number of aliphatic carboxylic acids is 1. The molecule has 0 heterocycles. The summed E-state index contributed by atoms with van der Waals surface area (Å²) in [5, 5.41) is 21.8. The Kier molecular flexibility index (Phi) is 4.50. The molecule has 1 fully saturated rings. The molecule has 0 unspecified atom stereocenters. The van der Waals surface area contributed by atoms with Gasteiger partial charge in [-0.05, 0) is 43.5 Å².